The fraction of sp³-hybridized carbons (Fsp3) is 0.417. The Bertz CT molecular complexity index is 774. The van der Waals surface area contributed by atoms with Gasteiger partial charge in [0.1, 0.15) is 12.2 Å². The number of rotatable bonds is 3. The van der Waals surface area contributed by atoms with Crippen LogP contribution in [0.2, 0.25) is 0 Å². The highest BCUT2D eigenvalue weighted by Crippen LogP contribution is 2.27. The summed E-state index contributed by atoms with van der Waals surface area (Å²) in [5, 5.41) is 9.02. The van der Waals surface area contributed by atoms with E-state index in [1.807, 2.05) is 17.5 Å². The highest BCUT2D eigenvalue weighted by atomic mass is 32.1. The number of aromatic nitrogens is 6. The molecule has 0 unspecified atom stereocenters. The van der Waals surface area contributed by atoms with Crippen molar-refractivity contribution in [3.05, 3.63) is 24.5 Å². The minimum absolute atomic E-state index is 0.419. The molecule has 3 aromatic rings. The van der Waals surface area contributed by atoms with Gasteiger partial charge >= 0.3 is 0 Å². The molecule has 4 heterocycles. The standard InChI is InChI=1S/C12H14N8S/c1-8-15-12(21-17-8)18(2)9-5-20(6-9)10-11-16-14-7-19(11)4-3-13-10/h3-4,7,9H,5-6H2,1-2H3. The molecular weight excluding hydrogens is 288 g/mol. The highest BCUT2D eigenvalue weighted by Gasteiger charge is 2.33. The lowest BCUT2D eigenvalue weighted by molar-refractivity contribution is 0.492. The zero-order valence-corrected chi connectivity index (χ0v) is 12.5. The van der Waals surface area contributed by atoms with Gasteiger partial charge in [0.25, 0.3) is 0 Å². The zero-order chi connectivity index (χ0) is 14.4. The van der Waals surface area contributed by atoms with Gasteiger partial charge in [-0.3, -0.25) is 4.40 Å². The Morgan fingerprint density at radius 2 is 2.24 bits per heavy atom. The van der Waals surface area contributed by atoms with E-state index in [1.165, 1.54) is 11.5 Å². The van der Waals surface area contributed by atoms with Crippen LogP contribution >= 0.6 is 11.5 Å². The maximum Gasteiger partial charge on any atom is 0.205 e. The third-order valence-electron chi connectivity index (χ3n) is 3.73. The molecule has 4 rings (SSSR count). The van der Waals surface area contributed by atoms with Crippen LogP contribution in [0.25, 0.3) is 5.65 Å². The Morgan fingerprint density at radius 3 is 3.00 bits per heavy atom. The minimum atomic E-state index is 0.419. The number of hydrogen-bond acceptors (Lipinski definition) is 8. The van der Waals surface area contributed by atoms with Crippen molar-refractivity contribution < 1.29 is 0 Å². The van der Waals surface area contributed by atoms with E-state index < -0.39 is 0 Å². The van der Waals surface area contributed by atoms with Crippen LogP contribution in [0, 0.1) is 6.92 Å². The van der Waals surface area contributed by atoms with Crippen LogP contribution in [-0.4, -0.2) is 55.1 Å². The molecule has 0 saturated carbocycles. The van der Waals surface area contributed by atoms with Crippen LogP contribution < -0.4 is 9.80 Å². The first-order chi connectivity index (χ1) is 10.2. The van der Waals surface area contributed by atoms with Crippen molar-refractivity contribution in [3.63, 3.8) is 0 Å². The normalized spacial score (nSPS) is 15.4. The smallest absolute Gasteiger partial charge is 0.205 e. The first-order valence-corrected chi connectivity index (χ1v) is 7.42. The van der Waals surface area contributed by atoms with E-state index in [1.54, 1.807) is 12.5 Å². The molecule has 1 aliphatic rings. The molecule has 0 N–H and O–H groups in total. The summed E-state index contributed by atoms with van der Waals surface area (Å²) in [6.45, 7) is 3.71. The second kappa shape index (κ2) is 4.62. The largest absolute Gasteiger partial charge is 0.349 e. The Balaban J connectivity index is 1.51. The van der Waals surface area contributed by atoms with Gasteiger partial charge in [-0.05, 0) is 6.92 Å². The molecule has 9 heteroatoms. The molecule has 0 aromatic carbocycles. The first-order valence-electron chi connectivity index (χ1n) is 6.65. The third-order valence-corrected chi connectivity index (χ3v) is 4.62. The molecule has 3 aromatic heterocycles. The van der Waals surface area contributed by atoms with Gasteiger partial charge in [0.15, 0.2) is 5.82 Å². The molecule has 8 nitrogen and oxygen atoms in total. The number of fused-ring (bicyclic) bond motifs is 1. The van der Waals surface area contributed by atoms with Crippen molar-refractivity contribution in [1.29, 1.82) is 0 Å². The van der Waals surface area contributed by atoms with Crippen LogP contribution in [0.5, 0.6) is 0 Å². The number of anilines is 2. The predicted molar refractivity (Wildman–Crippen MR) is 79.8 cm³/mol. The fourth-order valence-electron chi connectivity index (χ4n) is 2.43. The van der Waals surface area contributed by atoms with Crippen LogP contribution in [0.4, 0.5) is 10.9 Å². The van der Waals surface area contributed by atoms with Gasteiger partial charge in [0.05, 0.1) is 6.04 Å². The van der Waals surface area contributed by atoms with Gasteiger partial charge in [0, 0.05) is 44.1 Å². The second-order valence-corrected chi connectivity index (χ2v) is 5.84. The molecule has 1 saturated heterocycles. The van der Waals surface area contributed by atoms with E-state index in [4.69, 9.17) is 0 Å². The van der Waals surface area contributed by atoms with Crippen molar-refractivity contribution >= 4 is 28.1 Å². The summed E-state index contributed by atoms with van der Waals surface area (Å²) in [6.07, 6.45) is 5.32. The molecule has 1 aliphatic heterocycles. The van der Waals surface area contributed by atoms with Crippen molar-refractivity contribution in [1.82, 2.24) is 28.9 Å². The molecule has 0 spiro atoms. The van der Waals surface area contributed by atoms with Crippen molar-refractivity contribution in [2.45, 2.75) is 13.0 Å². The lowest BCUT2D eigenvalue weighted by Crippen LogP contribution is -2.59. The predicted octanol–water partition coefficient (Wildman–Crippen LogP) is 0.609. The van der Waals surface area contributed by atoms with E-state index in [0.717, 1.165) is 35.5 Å². The quantitative estimate of drug-likeness (QED) is 0.701. The summed E-state index contributed by atoms with van der Waals surface area (Å²) >= 11 is 1.44. The molecular formula is C12H14N8S. The number of aryl methyl sites for hydroxylation is 1. The summed E-state index contributed by atoms with van der Waals surface area (Å²) in [5.41, 5.74) is 0.797. The summed E-state index contributed by atoms with van der Waals surface area (Å²) in [7, 11) is 2.06. The molecule has 1 fully saturated rings. The number of hydrogen-bond donors (Lipinski definition) is 0. The highest BCUT2D eigenvalue weighted by molar-refractivity contribution is 7.09. The first kappa shape index (κ1) is 12.5. The molecule has 0 radical (unpaired) electrons. The van der Waals surface area contributed by atoms with Crippen molar-refractivity contribution in [2.75, 3.05) is 29.9 Å². The van der Waals surface area contributed by atoms with Gasteiger partial charge in [-0.25, -0.2) is 9.97 Å². The van der Waals surface area contributed by atoms with Gasteiger partial charge < -0.3 is 9.80 Å². The summed E-state index contributed by atoms with van der Waals surface area (Å²) in [6, 6.07) is 0.419. The van der Waals surface area contributed by atoms with Gasteiger partial charge in [-0.2, -0.15) is 4.37 Å². The van der Waals surface area contributed by atoms with Crippen LogP contribution in [-0.2, 0) is 0 Å². The van der Waals surface area contributed by atoms with Crippen LogP contribution in [0.15, 0.2) is 18.7 Å². The Hall–Kier alpha value is -2.29. The number of likely N-dealkylation sites (N-methyl/N-ethyl adjacent to an activating group) is 1. The third kappa shape index (κ3) is 2.00. The van der Waals surface area contributed by atoms with E-state index in [-0.39, 0.29) is 0 Å². The Labute approximate surface area is 125 Å². The molecule has 21 heavy (non-hydrogen) atoms. The molecule has 0 aliphatic carbocycles. The topological polar surface area (TPSA) is 75.3 Å². The molecule has 108 valence electrons. The molecule has 0 amide bonds. The SMILES string of the molecule is Cc1nsc(N(C)C2CN(c3nccn4cnnc34)C2)n1. The summed E-state index contributed by atoms with van der Waals surface area (Å²) in [5.74, 6) is 1.71. The average molecular weight is 302 g/mol. The van der Waals surface area contributed by atoms with Crippen molar-refractivity contribution in [3.8, 4) is 0 Å². The Morgan fingerprint density at radius 1 is 1.38 bits per heavy atom. The van der Waals surface area contributed by atoms with Crippen LogP contribution in [0.1, 0.15) is 5.82 Å². The monoisotopic (exact) mass is 302 g/mol. The van der Waals surface area contributed by atoms with E-state index in [0.29, 0.717) is 6.04 Å². The summed E-state index contributed by atoms with van der Waals surface area (Å²) in [4.78, 5) is 13.2. The lowest BCUT2D eigenvalue weighted by Gasteiger charge is -2.44. The van der Waals surface area contributed by atoms with E-state index >= 15 is 0 Å². The van der Waals surface area contributed by atoms with E-state index in [2.05, 4.69) is 41.4 Å². The second-order valence-electron chi connectivity index (χ2n) is 5.11. The van der Waals surface area contributed by atoms with Gasteiger partial charge in [-0.1, -0.05) is 0 Å². The number of nitrogens with zero attached hydrogens (tertiary/aromatic N) is 8. The maximum atomic E-state index is 4.43. The Kier molecular flexibility index (Phi) is 2.74. The lowest BCUT2D eigenvalue weighted by atomic mass is 10.1. The molecule has 0 bridgehead atoms. The van der Waals surface area contributed by atoms with Gasteiger partial charge in [0.2, 0.25) is 10.8 Å². The average Bonchev–Trinajstić information content (AvgIpc) is 3.05. The van der Waals surface area contributed by atoms with E-state index in [9.17, 15) is 0 Å². The van der Waals surface area contributed by atoms with Crippen LogP contribution in [0.3, 0.4) is 0 Å². The fourth-order valence-corrected chi connectivity index (χ4v) is 3.13. The minimum Gasteiger partial charge on any atom is -0.349 e. The maximum absolute atomic E-state index is 4.43. The molecule has 0 atom stereocenters. The zero-order valence-electron chi connectivity index (χ0n) is 11.7. The van der Waals surface area contributed by atoms with Crippen molar-refractivity contribution in [2.24, 2.45) is 0 Å². The summed E-state index contributed by atoms with van der Waals surface area (Å²) < 4.78 is 6.11. The van der Waals surface area contributed by atoms with Gasteiger partial charge in [-0.15, -0.1) is 10.2 Å².